The fourth-order valence-corrected chi connectivity index (χ4v) is 3.08. The maximum atomic E-state index is 5.65. The molecule has 1 aromatic carbocycles. The van der Waals surface area contributed by atoms with Crippen LogP contribution in [0.3, 0.4) is 0 Å². The van der Waals surface area contributed by atoms with E-state index in [1.165, 1.54) is 5.56 Å². The first-order valence-electron chi connectivity index (χ1n) is 6.69. The van der Waals surface area contributed by atoms with Crippen LogP contribution in [0, 0.1) is 13.8 Å². The molecule has 0 radical (unpaired) electrons. The van der Waals surface area contributed by atoms with Gasteiger partial charge in [0.05, 0.1) is 25.7 Å². The molecular weight excluding hydrogens is 318 g/mol. The first-order chi connectivity index (χ1) is 9.60. The number of nitrogens with one attached hydrogen (secondary N) is 1. The van der Waals surface area contributed by atoms with Crippen LogP contribution in [-0.2, 0) is 0 Å². The zero-order valence-corrected chi connectivity index (χ0v) is 13.9. The molecular formula is C16H20BrNO2. The van der Waals surface area contributed by atoms with Crippen LogP contribution in [0.2, 0.25) is 0 Å². The van der Waals surface area contributed by atoms with Crippen LogP contribution in [0.1, 0.15) is 35.2 Å². The second-order valence-electron chi connectivity index (χ2n) is 4.79. The normalized spacial score (nSPS) is 12.4. The zero-order chi connectivity index (χ0) is 14.7. The highest BCUT2D eigenvalue weighted by Gasteiger charge is 2.23. The van der Waals surface area contributed by atoms with Crippen molar-refractivity contribution in [1.82, 2.24) is 5.32 Å². The molecule has 2 rings (SSSR count). The lowest BCUT2D eigenvalue weighted by Gasteiger charge is -2.24. The van der Waals surface area contributed by atoms with Gasteiger partial charge in [-0.15, -0.1) is 0 Å². The summed E-state index contributed by atoms with van der Waals surface area (Å²) in [7, 11) is 1.72. The summed E-state index contributed by atoms with van der Waals surface area (Å²) in [5.41, 5.74) is 4.55. The van der Waals surface area contributed by atoms with Crippen molar-refractivity contribution in [3.8, 4) is 5.75 Å². The lowest BCUT2D eigenvalue weighted by molar-refractivity contribution is 0.400. The second-order valence-corrected chi connectivity index (χ2v) is 5.65. The van der Waals surface area contributed by atoms with Gasteiger partial charge in [-0.3, -0.25) is 0 Å². The van der Waals surface area contributed by atoms with Crippen molar-refractivity contribution >= 4 is 15.9 Å². The van der Waals surface area contributed by atoms with Crippen LogP contribution in [0.5, 0.6) is 5.75 Å². The summed E-state index contributed by atoms with van der Waals surface area (Å²) < 4.78 is 12.0. The Morgan fingerprint density at radius 2 is 2.15 bits per heavy atom. The Bertz CT molecular complexity index is 579. The average Bonchev–Trinajstić information content (AvgIpc) is 2.94. The third-order valence-electron chi connectivity index (χ3n) is 3.49. The van der Waals surface area contributed by atoms with Gasteiger partial charge in [-0.2, -0.15) is 0 Å². The van der Waals surface area contributed by atoms with E-state index in [2.05, 4.69) is 48.1 Å². The molecule has 0 amide bonds. The third kappa shape index (κ3) is 2.76. The van der Waals surface area contributed by atoms with E-state index in [0.29, 0.717) is 0 Å². The summed E-state index contributed by atoms with van der Waals surface area (Å²) in [5.74, 6) is 0.929. The molecule has 0 bridgehead atoms. The number of rotatable bonds is 5. The number of hydrogen-bond donors (Lipinski definition) is 1. The Morgan fingerprint density at radius 1 is 1.40 bits per heavy atom. The molecule has 0 aliphatic rings. The Labute approximate surface area is 128 Å². The second kappa shape index (κ2) is 6.46. The molecule has 2 aromatic rings. The number of methoxy groups -OCH3 is 1. The predicted octanol–water partition coefficient (Wildman–Crippen LogP) is 4.37. The molecule has 1 N–H and O–H groups in total. The molecule has 0 saturated heterocycles. The van der Waals surface area contributed by atoms with Gasteiger partial charge in [0.1, 0.15) is 5.75 Å². The van der Waals surface area contributed by atoms with E-state index in [9.17, 15) is 0 Å². The number of ether oxygens (including phenoxy) is 1. The van der Waals surface area contributed by atoms with E-state index >= 15 is 0 Å². The SMILES string of the molecule is CCNC(c1ccoc1)c1c(C)c(Br)cc(C)c1OC. The van der Waals surface area contributed by atoms with E-state index in [0.717, 1.165) is 33.5 Å². The van der Waals surface area contributed by atoms with Gasteiger partial charge < -0.3 is 14.5 Å². The number of benzene rings is 1. The van der Waals surface area contributed by atoms with Crippen molar-refractivity contribution in [2.75, 3.05) is 13.7 Å². The van der Waals surface area contributed by atoms with Gasteiger partial charge in [0.25, 0.3) is 0 Å². The molecule has 20 heavy (non-hydrogen) atoms. The quantitative estimate of drug-likeness (QED) is 0.879. The van der Waals surface area contributed by atoms with E-state index < -0.39 is 0 Å². The van der Waals surface area contributed by atoms with Crippen molar-refractivity contribution in [2.45, 2.75) is 26.8 Å². The Hall–Kier alpha value is -1.26. The Morgan fingerprint density at radius 3 is 2.70 bits per heavy atom. The first-order valence-corrected chi connectivity index (χ1v) is 7.48. The molecule has 0 aliphatic carbocycles. The van der Waals surface area contributed by atoms with Crippen LogP contribution in [-0.4, -0.2) is 13.7 Å². The van der Waals surface area contributed by atoms with Crippen LogP contribution in [0.15, 0.2) is 33.5 Å². The van der Waals surface area contributed by atoms with E-state index in [1.807, 2.05) is 6.07 Å². The zero-order valence-electron chi connectivity index (χ0n) is 12.3. The van der Waals surface area contributed by atoms with E-state index in [4.69, 9.17) is 9.15 Å². The smallest absolute Gasteiger partial charge is 0.127 e. The molecule has 1 atom stereocenters. The summed E-state index contributed by atoms with van der Waals surface area (Å²) in [5, 5.41) is 3.51. The highest BCUT2D eigenvalue weighted by molar-refractivity contribution is 9.10. The predicted molar refractivity (Wildman–Crippen MR) is 84.4 cm³/mol. The lowest BCUT2D eigenvalue weighted by Crippen LogP contribution is -2.23. The fraction of sp³-hybridized carbons (Fsp3) is 0.375. The Balaban J connectivity index is 2.64. The van der Waals surface area contributed by atoms with Gasteiger partial charge >= 0.3 is 0 Å². The summed E-state index contributed by atoms with van der Waals surface area (Å²) in [6.45, 7) is 7.13. The largest absolute Gasteiger partial charge is 0.496 e. The first kappa shape index (κ1) is 15.1. The Kier molecular flexibility index (Phi) is 4.89. The standard InChI is InChI=1S/C16H20BrNO2/c1-5-18-15(12-6-7-20-9-12)14-11(3)13(17)8-10(2)16(14)19-4/h6-9,15,18H,5H2,1-4H3. The molecule has 4 heteroatoms. The fourth-order valence-electron chi connectivity index (χ4n) is 2.52. The van der Waals surface area contributed by atoms with Gasteiger partial charge in [-0.05, 0) is 43.7 Å². The monoisotopic (exact) mass is 337 g/mol. The molecule has 3 nitrogen and oxygen atoms in total. The summed E-state index contributed by atoms with van der Waals surface area (Å²) in [6.07, 6.45) is 3.48. The van der Waals surface area contributed by atoms with Crippen molar-refractivity contribution < 1.29 is 9.15 Å². The number of furan rings is 1. The maximum Gasteiger partial charge on any atom is 0.127 e. The van der Waals surface area contributed by atoms with Crippen molar-refractivity contribution in [3.63, 3.8) is 0 Å². The van der Waals surface area contributed by atoms with Gasteiger partial charge in [-0.25, -0.2) is 0 Å². The topological polar surface area (TPSA) is 34.4 Å². The molecule has 0 spiro atoms. The molecule has 0 saturated carbocycles. The molecule has 0 fully saturated rings. The lowest BCUT2D eigenvalue weighted by atomic mass is 9.93. The van der Waals surface area contributed by atoms with Crippen LogP contribution in [0.4, 0.5) is 0 Å². The molecule has 1 heterocycles. The summed E-state index contributed by atoms with van der Waals surface area (Å²) >= 11 is 3.64. The minimum absolute atomic E-state index is 0.0601. The number of halogens is 1. The minimum atomic E-state index is 0.0601. The van der Waals surface area contributed by atoms with Crippen molar-refractivity contribution in [3.05, 3.63) is 51.4 Å². The molecule has 108 valence electrons. The number of aryl methyl sites for hydroxylation is 1. The summed E-state index contributed by atoms with van der Waals surface area (Å²) in [6, 6.07) is 4.14. The summed E-state index contributed by atoms with van der Waals surface area (Å²) in [4.78, 5) is 0. The molecule has 0 aliphatic heterocycles. The molecule has 1 aromatic heterocycles. The highest BCUT2D eigenvalue weighted by Crippen LogP contribution is 2.38. The molecule has 1 unspecified atom stereocenters. The van der Waals surface area contributed by atoms with Crippen LogP contribution in [0.25, 0.3) is 0 Å². The number of hydrogen-bond acceptors (Lipinski definition) is 3. The van der Waals surface area contributed by atoms with Crippen LogP contribution >= 0.6 is 15.9 Å². The van der Waals surface area contributed by atoms with Crippen molar-refractivity contribution in [1.29, 1.82) is 0 Å². The average molecular weight is 338 g/mol. The van der Waals surface area contributed by atoms with Gasteiger partial charge in [0.2, 0.25) is 0 Å². The minimum Gasteiger partial charge on any atom is -0.496 e. The van der Waals surface area contributed by atoms with Gasteiger partial charge in [-0.1, -0.05) is 22.9 Å². The third-order valence-corrected chi connectivity index (χ3v) is 4.31. The van der Waals surface area contributed by atoms with Crippen LogP contribution < -0.4 is 10.1 Å². The van der Waals surface area contributed by atoms with E-state index in [-0.39, 0.29) is 6.04 Å². The van der Waals surface area contributed by atoms with Gasteiger partial charge in [0, 0.05) is 15.6 Å². The van der Waals surface area contributed by atoms with Gasteiger partial charge in [0.15, 0.2) is 0 Å². The van der Waals surface area contributed by atoms with Crippen molar-refractivity contribution in [2.24, 2.45) is 0 Å². The highest BCUT2D eigenvalue weighted by atomic mass is 79.9. The van der Waals surface area contributed by atoms with E-state index in [1.54, 1.807) is 19.6 Å². The maximum absolute atomic E-state index is 5.65.